The third-order valence-electron chi connectivity index (χ3n) is 4.39. The number of halogens is 1. The van der Waals surface area contributed by atoms with Crippen molar-refractivity contribution in [2.75, 3.05) is 5.32 Å². The first-order valence-corrected chi connectivity index (χ1v) is 9.33. The molecule has 0 spiro atoms. The zero-order valence-corrected chi connectivity index (χ0v) is 16.5. The van der Waals surface area contributed by atoms with Gasteiger partial charge in [0, 0.05) is 29.9 Å². The van der Waals surface area contributed by atoms with Crippen LogP contribution in [0.2, 0.25) is 0 Å². The number of ether oxygens (including phenoxy) is 1. The van der Waals surface area contributed by atoms with E-state index in [9.17, 15) is 9.18 Å². The summed E-state index contributed by atoms with van der Waals surface area (Å²) < 4.78 is 25.4. The fourth-order valence-electron chi connectivity index (χ4n) is 2.93. The lowest BCUT2D eigenvalue weighted by Gasteiger charge is -2.06. The Balaban J connectivity index is 1.38. The Labute approximate surface area is 177 Å². The summed E-state index contributed by atoms with van der Waals surface area (Å²) >= 11 is 0. The summed E-state index contributed by atoms with van der Waals surface area (Å²) in [5.74, 6) is 0.367. The van der Waals surface area contributed by atoms with Crippen LogP contribution >= 0.6 is 0 Å². The number of carbonyl (C=O) groups excluding carboxylic acids is 1. The van der Waals surface area contributed by atoms with E-state index in [4.69, 9.17) is 9.15 Å². The number of aromatic nitrogens is 4. The van der Waals surface area contributed by atoms with E-state index in [-0.39, 0.29) is 18.3 Å². The molecule has 0 unspecified atom stereocenters. The maximum atomic E-state index is 13.2. The Kier molecular flexibility index (Phi) is 5.84. The predicted molar refractivity (Wildman–Crippen MR) is 111 cm³/mol. The molecule has 2 aromatic carbocycles. The number of hydrogen-bond donors (Lipinski definition) is 1. The van der Waals surface area contributed by atoms with Gasteiger partial charge in [-0.2, -0.15) is 5.10 Å². The monoisotopic (exact) mass is 419 g/mol. The number of rotatable bonds is 7. The smallest absolute Gasteiger partial charge is 0.253 e. The first kappa shape index (κ1) is 20.0. The van der Waals surface area contributed by atoms with Crippen LogP contribution in [0.1, 0.15) is 11.5 Å². The average Bonchev–Trinajstić information content (AvgIpc) is 3.42. The number of aryl methyl sites for hydroxylation is 1. The molecular weight excluding hydrogens is 401 g/mol. The van der Waals surface area contributed by atoms with E-state index < -0.39 is 0 Å². The molecule has 1 amide bonds. The van der Waals surface area contributed by atoms with Crippen molar-refractivity contribution in [2.24, 2.45) is 7.05 Å². The molecule has 156 valence electrons. The Morgan fingerprint density at radius 3 is 2.68 bits per heavy atom. The van der Waals surface area contributed by atoms with Crippen molar-refractivity contribution in [1.29, 1.82) is 0 Å². The van der Waals surface area contributed by atoms with Gasteiger partial charge < -0.3 is 14.5 Å². The lowest BCUT2D eigenvalue weighted by Crippen LogP contribution is -2.07. The molecule has 0 saturated carbocycles. The standard InChI is InChI=1S/C22H18FN5O3/c1-28-22(15-2-5-17(23)6-3-15)16(12-25-28)4-11-20(29)26-18-7-9-19(10-8-18)30-13-21-27-24-14-31-21/h2-12,14H,13H2,1H3,(H,26,29). The molecule has 0 radical (unpaired) electrons. The van der Waals surface area contributed by atoms with Gasteiger partial charge in [-0.05, 0) is 54.6 Å². The van der Waals surface area contributed by atoms with Crippen molar-refractivity contribution >= 4 is 17.7 Å². The summed E-state index contributed by atoms with van der Waals surface area (Å²) in [7, 11) is 1.79. The first-order chi connectivity index (χ1) is 15.1. The topological polar surface area (TPSA) is 95.1 Å². The number of nitrogens with zero attached hydrogens (tertiary/aromatic N) is 4. The fourth-order valence-corrected chi connectivity index (χ4v) is 2.93. The Morgan fingerprint density at radius 2 is 1.97 bits per heavy atom. The second-order valence-corrected chi connectivity index (χ2v) is 6.55. The van der Waals surface area contributed by atoms with Crippen LogP contribution < -0.4 is 10.1 Å². The molecule has 0 bridgehead atoms. The van der Waals surface area contributed by atoms with Gasteiger partial charge in [0.05, 0.1) is 11.9 Å². The van der Waals surface area contributed by atoms with Gasteiger partial charge in [-0.1, -0.05) is 0 Å². The second kappa shape index (κ2) is 9.04. The lowest BCUT2D eigenvalue weighted by atomic mass is 10.1. The number of benzene rings is 2. The highest BCUT2D eigenvalue weighted by Gasteiger charge is 2.10. The molecule has 31 heavy (non-hydrogen) atoms. The number of carbonyl (C=O) groups is 1. The van der Waals surface area contributed by atoms with Crippen molar-refractivity contribution in [3.63, 3.8) is 0 Å². The van der Waals surface area contributed by atoms with E-state index >= 15 is 0 Å². The number of amides is 1. The maximum absolute atomic E-state index is 13.2. The van der Waals surface area contributed by atoms with E-state index in [2.05, 4.69) is 20.6 Å². The zero-order chi connectivity index (χ0) is 21.6. The largest absolute Gasteiger partial charge is 0.484 e. The van der Waals surface area contributed by atoms with Crippen molar-refractivity contribution in [2.45, 2.75) is 6.61 Å². The van der Waals surface area contributed by atoms with Gasteiger partial charge in [-0.25, -0.2) is 4.39 Å². The van der Waals surface area contributed by atoms with E-state index in [0.717, 1.165) is 16.8 Å². The molecule has 0 atom stereocenters. The van der Waals surface area contributed by atoms with Crippen molar-refractivity contribution in [3.05, 3.63) is 84.5 Å². The minimum absolute atomic E-state index is 0.163. The average molecular weight is 419 g/mol. The molecule has 2 heterocycles. The second-order valence-electron chi connectivity index (χ2n) is 6.55. The molecule has 9 heteroatoms. The summed E-state index contributed by atoms with van der Waals surface area (Å²) in [6.45, 7) is 0.163. The van der Waals surface area contributed by atoms with Crippen LogP contribution in [-0.4, -0.2) is 25.9 Å². The van der Waals surface area contributed by atoms with Gasteiger partial charge in [0.15, 0.2) is 6.61 Å². The molecule has 0 fully saturated rings. The summed E-state index contributed by atoms with van der Waals surface area (Å²) in [5, 5.41) is 14.3. The normalized spacial score (nSPS) is 11.0. The molecule has 4 aromatic rings. The fraction of sp³-hybridized carbons (Fsp3) is 0.0909. The van der Waals surface area contributed by atoms with E-state index in [1.165, 1.54) is 24.6 Å². The van der Waals surface area contributed by atoms with E-state index in [0.29, 0.717) is 17.3 Å². The van der Waals surface area contributed by atoms with Crippen LogP contribution in [0.3, 0.4) is 0 Å². The molecule has 8 nitrogen and oxygen atoms in total. The van der Waals surface area contributed by atoms with E-state index in [1.807, 2.05) is 0 Å². The van der Waals surface area contributed by atoms with Gasteiger partial charge >= 0.3 is 0 Å². The van der Waals surface area contributed by atoms with Gasteiger partial charge in [-0.3, -0.25) is 9.48 Å². The van der Waals surface area contributed by atoms with Gasteiger partial charge in [0.25, 0.3) is 5.89 Å². The molecule has 0 saturated heterocycles. The summed E-state index contributed by atoms with van der Waals surface area (Å²) in [5.41, 5.74) is 2.95. The van der Waals surface area contributed by atoms with Crippen LogP contribution in [0.5, 0.6) is 5.75 Å². The molecule has 2 aromatic heterocycles. The predicted octanol–water partition coefficient (Wildman–Crippen LogP) is 3.84. The van der Waals surface area contributed by atoms with Gasteiger partial charge in [0.2, 0.25) is 12.3 Å². The number of hydrogen-bond acceptors (Lipinski definition) is 6. The van der Waals surface area contributed by atoms with Crippen LogP contribution in [-0.2, 0) is 18.4 Å². The summed E-state index contributed by atoms with van der Waals surface area (Å²) in [6.07, 6.45) is 5.98. The highest BCUT2D eigenvalue weighted by atomic mass is 19.1. The third-order valence-corrected chi connectivity index (χ3v) is 4.39. The molecule has 0 aliphatic rings. The first-order valence-electron chi connectivity index (χ1n) is 9.33. The molecule has 0 aliphatic heterocycles. The van der Waals surface area contributed by atoms with Crippen LogP contribution in [0.25, 0.3) is 17.3 Å². The van der Waals surface area contributed by atoms with Gasteiger partial charge in [0.1, 0.15) is 11.6 Å². The SMILES string of the molecule is Cn1ncc(C=CC(=O)Nc2ccc(OCc3nnco3)cc2)c1-c1ccc(F)cc1. The Hall–Kier alpha value is -4.27. The maximum Gasteiger partial charge on any atom is 0.253 e. The number of nitrogens with one attached hydrogen (secondary N) is 1. The minimum Gasteiger partial charge on any atom is -0.484 e. The zero-order valence-electron chi connectivity index (χ0n) is 16.5. The summed E-state index contributed by atoms with van der Waals surface area (Å²) in [4.78, 5) is 12.3. The molecule has 0 aliphatic carbocycles. The van der Waals surface area contributed by atoms with Crippen molar-refractivity contribution in [1.82, 2.24) is 20.0 Å². The number of anilines is 1. The quantitative estimate of drug-likeness (QED) is 0.458. The van der Waals surface area contributed by atoms with Crippen LogP contribution in [0, 0.1) is 5.82 Å². The molecule has 1 N–H and O–H groups in total. The molecule has 4 rings (SSSR count). The van der Waals surface area contributed by atoms with Crippen LogP contribution in [0.4, 0.5) is 10.1 Å². The Morgan fingerprint density at radius 1 is 1.19 bits per heavy atom. The summed E-state index contributed by atoms with van der Waals surface area (Å²) in [6, 6.07) is 13.0. The third kappa shape index (κ3) is 5.02. The molecular formula is C22H18FN5O3. The Bertz CT molecular complexity index is 1180. The minimum atomic E-state index is -0.312. The highest BCUT2D eigenvalue weighted by Crippen LogP contribution is 2.24. The van der Waals surface area contributed by atoms with Crippen LogP contribution in [0.15, 0.2) is 71.6 Å². The van der Waals surface area contributed by atoms with E-state index in [1.54, 1.807) is 60.4 Å². The highest BCUT2D eigenvalue weighted by molar-refractivity contribution is 6.02. The lowest BCUT2D eigenvalue weighted by molar-refractivity contribution is -0.111. The van der Waals surface area contributed by atoms with Crippen molar-refractivity contribution in [3.8, 4) is 17.0 Å². The van der Waals surface area contributed by atoms with Crippen molar-refractivity contribution < 1.29 is 18.3 Å². The van der Waals surface area contributed by atoms with Gasteiger partial charge in [-0.15, -0.1) is 10.2 Å².